The molecule has 116 valence electrons. The molecule has 0 atom stereocenters. The highest BCUT2D eigenvalue weighted by molar-refractivity contribution is 7.89. The molecule has 0 saturated carbocycles. The van der Waals surface area contributed by atoms with E-state index in [4.69, 9.17) is 5.73 Å². The topological polar surface area (TPSA) is 83.7 Å². The second kappa shape index (κ2) is 6.13. The fourth-order valence-electron chi connectivity index (χ4n) is 2.48. The maximum absolute atomic E-state index is 12.5. The zero-order chi connectivity index (χ0) is 15.6. The van der Waals surface area contributed by atoms with Gasteiger partial charge in [-0.25, -0.2) is 12.7 Å². The van der Waals surface area contributed by atoms with Gasteiger partial charge >= 0.3 is 0 Å². The minimum absolute atomic E-state index is 0.0237. The number of hydrogen-bond donors (Lipinski definition) is 1. The second-order valence-electron chi connectivity index (χ2n) is 5.18. The Labute approximate surface area is 125 Å². The molecular weight excluding hydrogens is 290 g/mol. The quantitative estimate of drug-likeness (QED) is 0.861. The molecule has 1 aromatic carbocycles. The molecule has 2 rings (SSSR count). The Balaban J connectivity index is 2.29. The van der Waals surface area contributed by atoms with Crippen LogP contribution in [0.3, 0.4) is 0 Å². The number of carbonyl (C=O) groups is 1. The number of nitrogens with zero attached hydrogens (tertiary/aromatic N) is 2. The summed E-state index contributed by atoms with van der Waals surface area (Å²) in [5.74, 6) is -0.0237. The van der Waals surface area contributed by atoms with E-state index in [1.807, 2.05) is 0 Å². The van der Waals surface area contributed by atoms with Gasteiger partial charge in [-0.2, -0.15) is 0 Å². The van der Waals surface area contributed by atoms with Crippen molar-refractivity contribution in [3.63, 3.8) is 0 Å². The summed E-state index contributed by atoms with van der Waals surface area (Å²) in [5.41, 5.74) is 7.13. The Bertz CT molecular complexity index is 643. The van der Waals surface area contributed by atoms with Crippen LogP contribution in [-0.2, 0) is 21.2 Å². The molecule has 21 heavy (non-hydrogen) atoms. The molecule has 1 heterocycles. The molecule has 6 nitrogen and oxygen atoms in total. The summed E-state index contributed by atoms with van der Waals surface area (Å²) in [6.07, 6.45) is 1.31. The van der Waals surface area contributed by atoms with Crippen LogP contribution in [0.25, 0.3) is 0 Å². The highest BCUT2D eigenvalue weighted by Gasteiger charge is 2.26. The molecule has 1 amide bonds. The van der Waals surface area contributed by atoms with E-state index >= 15 is 0 Å². The summed E-state index contributed by atoms with van der Waals surface area (Å²) in [7, 11) is -1.94. The van der Waals surface area contributed by atoms with Crippen LogP contribution in [0.4, 0.5) is 5.69 Å². The van der Waals surface area contributed by atoms with Crippen molar-refractivity contribution in [2.45, 2.75) is 24.7 Å². The van der Waals surface area contributed by atoms with Gasteiger partial charge in [-0.1, -0.05) is 0 Å². The van der Waals surface area contributed by atoms with Crippen LogP contribution < -0.4 is 10.6 Å². The minimum atomic E-state index is -3.50. The molecule has 0 spiro atoms. The number of benzene rings is 1. The van der Waals surface area contributed by atoms with E-state index in [9.17, 15) is 13.2 Å². The van der Waals surface area contributed by atoms with Crippen molar-refractivity contribution in [1.29, 1.82) is 0 Å². The Morgan fingerprint density at radius 3 is 2.76 bits per heavy atom. The lowest BCUT2D eigenvalue weighted by atomic mass is 10.2. The number of carbonyl (C=O) groups excluding carboxylic acids is 1. The normalized spacial score (nSPS) is 14.6. The zero-order valence-corrected chi connectivity index (χ0v) is 13.2. The number of amides is 1. The molecule has 1 aliphatic rings. The SMILES string of the molecule is CC(=O)N1CCc2cc(S(=O)(=O)N(C)CCCN)ccc21. The summed E-state index contributed by atoms with van der Waals surface area (Å²) < 4.78 is 26.2. The van der Waals surface area contributed by atoms with E-state index in [-0.39, 0.29) is 10.8 Å². The molecule has 0 aromatic heterocycles. The first-order valence-corrected chi connectivity index (χ1v) is 8.39. The lowest BCUT2D eigenvalue weighted by Gasteiger charge is -2.18. The summed E-state index contributed by atoms with van der Waals surface area (Å²) in [6.45, 7) is 2.98. The first kappa shape index (κ1) is 15.9. The van der Waals surface area contributed by atoms with Crippen LogP contribution in [-0.4, -0.2) is 45.3 Å². The van der Waals surface area contributed by atoms with Gasteiger partial charge in [0.05, 0.1) is 4.90 Å². The predicted octanol–water partition coefficient (Wildman–Crippen LogP) is 0.565. The zero-order valence-electron chi connectivity index (χ0n) is 12.4. The van der Waals surface area contributed by atoms with Gasteiger partial charge in [0.15, 0.2) is 0 Å². The molecule has 0 radical (unpaired) electrons. The van der Waals surface area contributed by atoms with Crippen molar-refractivity contribution in [3.8, 4) is 0 Å². The maximum Gasteiger partial charge on any atom is 0.242 e. The number of sulfonamides is 1. The fraction of sp³-hybridized carbons (Fsp3) is 0.500. The summed E-state index contributed by atoms with van der Waals surface area (Å²) in [4.78, 5) is 13.4. The number of fused-ring (bicyclic) bond motifs is 1. The van der Waals surface area contributed by atoms with Crippen molar-refractivity contribution in [3.05, 3.63) is 23.8 Å². The number of nitrogens with two attached hydrogens (primary N) is 1. The van der Waals surface area contributed by atoms with E-state index < -0.39 is 10.0 Å². The van der Waals surface area contributed by atoms with Gasteiger partial charge in [0.1, 0.15) is 0 Å². The molecule has 2 N–H and O–H groups in total. The first-order valence-electron chi connectivity index (χ1n) is 6.95. The first-order chi connectivity index (χ1) is 9.87. The van der Waals surface area contributed by atoms with Crippen molar-refractivity contribution in [2.24, 2.45) is 5.73 Å². The van der Waals surface area contributed by atoms with Gasteiger partial charge in [-0.3, -0.25) is 4.79 Å². The molecular formula is C14H21N3O3S. The van der Waals surface area contributed by atoms with Gasteiger partial charge < -0.3 is 10.6 Å². The fourth-order valence-corrected chi connectivity index (χ4v) is 3.74. The van der Waals surface area contributed by atoms with E-state index in [1.54, 1.807) is 30.1 Å². The molecule has 7 heteroatoms. The van der Waals surface area contributed by atoms with Gasteiger partial charge in [0.25, 0.3) is 0 Å². The summed E-state index contributed by atoms with van der Waals surface area (Å²) >= 11 is 0. The Kier molecular flexibility index (Phi) is 4.65. The highest BCUT2D eigenvalue weighted by Crippen LogP contribution is 2.30. The molecule has 0 saturated heterocycles. The summed E-state index contributed by atoms with van der Waals surface area (Å²) in [5, 5.41) is 0. The van der Waals surface area contributed by atoms with E-state index in [0.29, 0.717) is 32.5 Å². The minimum Gasteiger partial charge on any atom is -0.330 e. The number of anilines is 1. The Morgan fingerprint density at radius 1 is 1.43 bits per heavy atom. The molecule has 0 aliphatic carbocycles. The van der Waals surface area contributed by atoms with E-state index in [0.717, 1.165) is 11.3 Å². The third-order valence-corrected chi connectivity index (χ3v) is 5.56. The van der Waals surface area contributed by atoms with Crippen LogP contribution in [0.15, 0.2) is 23.1 Å². The van der Waals surface area contributed by atoms with Gasteiger partial charge in [0, 0.05) is 32.7 Å². The highest BCUT2D eigenvalue weighted by atomic mass is 32.2. The molecule has 1 aliphatic heterocycles. The van der Waals surface area contributed by atoms with Crippen molar-refractivity contribution < 1.29 is 13.2 Å². The van der Waals surface area contributed by atoms with Crippen molar-refractivity contribution >= 4 is 21.6 Å². The standard InChI is InChI=1S/C14H21N3O3S/c1-11(18)17-9-6-12-10-13(4-5-14(12)17)21(19,20)16(2)8-3-7-15/h4-5,10H,3,6-9,15H2,1-2H3. The van der Waals surface area contributed by atoms with Crippen LogP contribution in [0.2, 0.25) is 0 Å². The van der Waals surface area contributed by atoms with Crippen molar-refractivity contribution in [2.75, 3.05) is 31.6 Å². The van der Waals surface area contributed by atoms with Crippen LogP contribution >= 0.6 is 0 Å². The third kappa shape index (κ3) is 3.09. The van der Waals surface area contributed by atoms with Crippen LogP contribution in [0.1, 0.15) is 18.9 Å². The van der Waals surface area contributed by atoms with Crippen LogP contribution in [0, 0.1) is 0 Å². The lowest BCUT2D eigenvalue weighted by Crippen LogP contribution is -2.29. The van der Waals surface area contributed by atoms with Crippen molar-refractivity contribution in [1.82, 2.24) is 4.31 Å². The van der Waals surface area contributed by atoms with E-state index in [2.05, 4.69) is 0 Å². The predicted molar refractivity (Wildman–Crippen MR) is 81.7 cm³/mol. The van der Waals surface area contributed by atoms with Gasteiger partial charge in [-0.15, -0.1) is 0 Å². The number of hydrogen-bond acceptors (Lipinski definition) is 4. The molecule has 0 fully saturated rings. The maximum atomic E-state index is 12.5. The largest absolute Gasteiger partial charge is 0.330 e. The second-order valence-corrected chi connectivity index (χ2v) is 7.22. The monoisotopic (exact) mass is 311 g/mol. The molecule has 0 unspecified atom stereocenters. The molecule has 0 bridgehead atoms. The number of rotatable bonds is 5. The smallest absolute Gasteiger partial charge is 0.242 e. The van der Waals surface area contributed by atoms with Gasteiger partial charge in [0.2, 0.25) is 15.9 Å². The van der Waals surface area contributed by atoms with Crippen LogP contribution in [0.5, 0.6) is 0 Å². The third-order valence-electron chi connectivity index (χ3n) is 3.71. The lowest BCUT2D eigenvalue weighted by molar-refractivity contribution is -0.116. The van der Waals surface area contributed by atoms with Gasteiger partial charge in [-0.05, 0) is 43.1 Å². The average molecular weight is 311 g/mol. The molecule has 1 aromatic rings. The Hall–Kier alpha value is -1.44. The summed E-state index contributed by atoms with van der Waals surface area (Å²) in [6, 6.07) is 4.95. The Morgan fingerprint density at radius 2 is 2.14 bits per heavy atom. The van der Waals surface area contributed by atoms with E-state index in [1.165, 1.54) is 11.2 Å². The average Bonchev–Trinajstić information content (AvgIpc) is 2.87.